The van der Waals surface area contributed by atoms with E-state index in [2.05, 4.69) is 52.7 Å². The Kier molecular flexibility index (Phi) is 4.79. The number of nitrogens with zero attached hydrogens (tertiary/aromatic N) is 3. The van der Waals surface area contributed by atoms with Crippen molar-refractivity contribution in [2.45, 2.75) is 11.9 Å². The van der Waals surface area contributed by atoms with Crippen LogP contribution in [0.3, 0.4) is 0 Å². The largest absolute Gasteiger partial charge is 0.354 e. The van der Waals surface area contributed by atoms with Crippen molar-refractivity contribution in [3.8, 4) is 0 Å². The fourth-order valence-electron chi connectivity index (χ4n) is 1.50. The summed E-state index contributed by atoms with van der Waals surface area (Å²) in [5.74, 6) is 1.78. The summed E-state index contributed by atoms with van der Waals surface area (Å²) in [6.07, 6.45) is 0. The van der Waals surface area contributed by atoms with Crippen LogP contribution in [0, 0.1) is 0 Å². The van der Waals surface area contributed by atoms with E-state index < -0.39 is 0 Å². The predicted octanol–water partition coefficient (Wildman–Crippen LogP) is 2.78. The second-order valence-electron chi connectivity index (χ2n) is 4.17. The summed E-state index contributed by atoms with van der Waals surface area (Å²) in [4.78, 5) is 12.3. The van der Waals surface area contributed by atoms with Crippen LogP contribution in [0.2, 0.25) is 0 Å². The van der Waals surface area contributed by atoms with Crippen molar-refractivity contribution in [3.63, 3.8) is 0 Å². The van der Waals surface area contributed by atoms with Gasteiger partial charge in [0.25, 0.3) is 0 Å². The molecule has 0 spiro atoms. The Morgan fingerprint density at radius 2 is 2.22 bits per heavy atom. The molecule has 4 nitrogen and oxygen atoms in total. The molecule has 0 saturated carbocycles. The standard InChI is InChI=1S/C12H18N4S2/c1-4-13-12-14-10-9(5-7-17-10)11(15-12)18-8-6-16(2)3/h5,7H,4,6,8H2,1-3H3,(H,13,14,15). The molecule has 0 radical (unpaired) electrons. The molecule has 0 aromatic carbocycles. The van der Waals surface area contributed by atoms with Gasteiger partial charge in [-0.2, -0.15) is 0 Å². The van der Waals surface area contributed by atoms with E-state index >= 15 is 0 Å². The predicted molar refractivity (Wildman–Crippen MR) is 80.9 cm³/mol. The maximum absolute atomic E-state index is 4.59. The van der Waals surface area contributed by atoms with Gasteiger partial charge in [0.2, 0.25) is 5.95 Å². The first-order chi connectivity index (χ1) is 8.70. The van der Waals surface area contributed by atoms with Gasteiger partial charge in [-0.25, -0.2) is 9.97 Å². The van der Waals surface area contributed by atoms with Crippen LogP contribution in [-0.2, 0) is 0 Å². The van der Waals surface area contributed by atoms with Crippen molar-refractivity contribution in [3.05, 3.63) is 11.4 Å². The van der Waals surface area contributed by atoms with Crippen molar-refractivity contribution in [2.24, 2.45) is 0 Å². The zero-order valence-corrected chi connectivity index (χ0v) is 12.6. The summed E-state index contributed by atoms with van der Waals surface area (Å²) in [5.41, 5.74) is 0. The molecule has 0 aliphatic heterocycles. The molecule has 6 heteroatoms. The van der Waals surface area contributed by atoms with E-state index in [1.165, 1.54) is 5.39 Å². The van der Waals surface area contributed by atoms with Crippen molar-refractivity contribution in [1.82, 2.24) is 14.9 Å². The van der Waals surface area contributed by atoms with Gasteiger partial charge in [-0.05, 0) is 32.5 Å². The monoisotopic (exact) mass is 282 g/mol. The topological polar surface area (TPSA) is 41.1 Å². The second kappa shape index (κ2) is 6.36. The van der Waals surface area contributed by atoms with Crippen molar-refractivity contribution in [2.75, 3.05) is 38.3 Å². The molecule has 0 aliphatic carbocycles. The Labute approximate surface area is 116 Å². The molecule has 0 atom stereocenters. The number of fused-ring (bicyclic) bond motifs is 1. The third-order valence-electron chi connectivity index (χ3n) is 2.40. The Bertz CT molecular complexity index is 510. The molecule has 0 bridgehead atoms. The third-order valence-corrected chi connectivity index (χ3v) is 4.18. The molecule has 2 rings (SSSR count). The lowest BCUT2D eigenvalue weighted by atomic mass is 10.4. The summed E-state index contributed by atoms with van der Waals surface area (Å²) >= 11 is 3.46. The minimum Gasteiger partial charge on any atom is -0.354 e. The lowest BCUT2D eigenvalue weighted by Gasteiger charge is -2.09. The number of hydrogen-bond acceptors (Lipinski definition) is 6. The second-order valence-corrected chi connectivity index (χ2v) is 6.15. The van der Waals surface area contributed by atoms with Crippen LogP contribution in [0.5, 0.6) is 0 Å². The van der Waals surface area contributed by atoms with Gasteiger partial charge in [-0.1, -0.05) is 0 Å². The fraction of sp³-hybridized carbons (Fsp3) is 0.500. The van der Waals surface area contributed by atoms with Crippen molar-refractivity contribution in [1.29, 1.82) is 0 Å². The summed E-state index contributed by atoms with van der Waals surface area (Å²) in [5, 5.41) is 7.52. The van der Waals surface area contributed by atoms with E-state index in [-0.39, 0.29) is 0 Å². The number of rotatable bonds is 6. The quantitative estimate of drug-likeness (QED) is 0.652. The summed E-state index contributed by atoms with van der Waals surface area (Å²) in [7, 11) is 4.18. The molecular formula is C12H18N4S2. The highest BCUT2D eigenvalue weighted by Crippen LogP contribution is 2.29. The van der Waals surface area contributed by atoms with Gasteiger partial charge in [0.1, 0.15) is 9.86 Å². The fourth-order valence-corrected chi connectivity index (χ4v) is 3.45. The van der Waals surface area contributed by atoms with Crippen LogP contribution >= 0.6 is 23.1 Å². The molecule has 0 amide bonds. The molecule has 98 valence electrons. The van der Waals surface area contributed by atoms with E-state index in [1.54, 1.807) is 23.1 Å². The average Bonchev–Trinajstić information content (AvgIpc) is 2.77. The van der Waals surface area contributed by atoms with E-state index in [0.717, 1.165) is 34.6 Å². The highest BCUT2D eigenvalue weighted by molar-refractivity contribution is 7.99. The Morgan fingerprint density at radius 1 is 1.39 bits per heavy atom. The van der Waals surface area contributed by atoms with Gasteiger partial charge in [0, 0.05) is 24.2 Å². The molecule has 0 fully saturated rings. The molecular weight excluding hydrogens is 264 g/mol. The maximum Gasteiger partial charge on any atom is 0.225 e. The smallest absolute Gasteiger partial charge is 0.225 e. The lowest BCUT2D eigenvalue weighted by Crippen LogP contribution is -2.14. The molecule has 2 aromatic heterocycles. The number of thiophene rings is 1. The molecule has 1 N–H and O–H groups in total. The van der Waals surface area contributed by atoms with Gasteiger partial charge >= 0.3 is 0 Å². The SMILES string of the molecule is CCNc1nc(SCCN(C)C)c2ccsc2n1. The minimum absolute atomic E-state index is 0.736. The molecule has 0 unspecified atom stereocenters. The molecule has 2 aromatic rings. The summed E-state index contributed by atoms with van der Waals surface area (Å²) < 4.78 is 0. The minimum atomic E-state index is 0.736. The van der Waals surface area contributed by atoms with Gasteiger partial charge in [0.15, 0.2) is 0 Å². The first kappa shape index (κ1) is 13.6. The first-order valence-corrected chi connectivity index (χ1v) is 7.84. The summed E-state index contributed by atoms with van der Waals surface area (Å²) in [6.45, 7) is 3.95. The van der Waals surface area contributed by atoms with E-state index in [0.29, 0.717) is 0 Å². The van der Waals surface area contributed by atoms with Crippen LogP contribution < -0.4 is 5.32 Å². The van der Waals surface area contributed by atoms with E-state index in [9.17, 15) is 0 Å². The van der Waals surface area contributed by atoms with Crippen molar-refractivity contribution < 1.29 is 0 Å². The van der Waals surface area contributed by atoms with Crippen LogP contribution in [0.15, 0.2) is 16.5 Å². The van der Waals surface area contributed by atoms with E-state index in [1.807, 2.05) is 0 Å². The highest BCUT2D eigenvalue weighted by Gasteiger charge is 2.09. The number of hydrogen-bond donors (Lipinski definition) is 1. The number of aromatic nitrogens is 2. The van der Waals surface area contributed by atoms with Gasteiger partial charge in [-0.15, -0.1) is 23.1 Å². The average molecular weight is 282 g/mol. The summed E-state index contributed by atoms with van der Waals surface area (Å²) in [6, 6.07) is 2.10. The molecule has 2 heterocycles. The zero-order valence-electron chi connectivity index (χ0n) is 10.9. The number of anilines is 1. The van der Waals surface area contributed by atoms with Gasteiger partial charge in [-0.3, -0.25) is 0 Å². The molecule has 0 saturated heterocycles. The van der Waals surface area contributed by atoms with Crippen LogP contribution in [0.25, 0.3) is 10.2 Å². The third kappa shape index (κ3) is 3.34. The van der Waals surface area contributed by atoms with Crippen LogP contribution in [-0.4, -0.2) is 47.8 Å². The Hall–Kier alpha value is -0.850. The number of nitrogens with one attached hydrogen (secondary N) is 1. The highest BCUT2D eigenvalue weighted by atomic mass is 32.2. The molecule has 18 heavy (non-hydrogen) atoms. The lowest BCUT2D eigenvalue weighted by molar-refractivity contribution is 0.437. The normalized spacial score (nSPS) is 11.3. The zero-order chi connectivity index (χ0) is 13.0. The van der Waals surface area contributed by atoms with E-state index in [4.69, 9.17) is 0 Å². The van der Waals surface area contributed by atoms with Crippen LogP contribution in [0.4, 0.5) is 5.95 Å². The number of thioether (sulfide) groups is 1. The first-order valence-electron chi connectivity index (χ1n) is 5.97. The van der Waals surface area contributed by atoms with Gasteiger partial charge in [0.05, 0.1) is 0 Å². The Morgan fingerprint density at radius 3 is 2.94 bits per heavy atom. The molecule has 0 aliphatic rings. The van der Waals surface area contributed by atoms with Crippen molar-refractivity contribution >= 4 is 39.3 Å². The Balaban J connectivity index is 2.20. The maximum atomic E-state index is 4.59. The van der Waals surface area contributed by atoms with Gasteiger partial charge < -0.3 is 10.2 Å². The van der Waals surface area contributed by atoms with Crippen LogP contribution in [0.1, 0.15) is 6.92 Å².